The number of nitrogens with one attached hydrogen (secondary N) is 1. The molecule has 2 heterocycles. The predicted molar refractivity (Wildman–Crippen MR) is 83.1 cm³/mol. The Labute approximate surface area is 124 Å². The Hall–Kier alpha value is -1.20. The van der Waals surface area contributed by atoms with E-state index in [1.165, 1.54) is 0 Å². The maximum Gasteiger partial charge on any atom is 0.151 e. The minimum atomic E-state index is 0.704. The quantitative estimate of drug-likeness (QED) is 0.793. The van der Waals surface area contributed by atoms with Gasteiger partial charge in [-0.3, -0.25) is 0 Å². The molecule has 2 aromatic heterocycles. The van der Waals surface area contributed by atoms with Crippen LogP contribution in [0.4, 0.5) is 0 Å². The van der Waals surface area contributed by atoms with E-state index in [-0.39, 0.29) is 0 Å². The molecular formula is C15H23N3OS. The molecule has 0 atom stereocenters. The summed E-state index contributed by atoms with van der Waals surface area (Å²) in [7, 11) is 0. The van der Waals surface area contributed by atoms with E-state index < -0.39 is 0 Å². The van der Waals surface area contributed by atoms with Gasteiger partial charge in [0.1, 0.15) is 16.5 Å². The van der Waals surface area contributed by atoms with Crippen molar-refractivity contribution in [1.82, 2.24) is 15.5 Å². The van der Waals surface area contributed by atoms with Crippen LogP contribution in [0.2, 0.25) is 0 Å². The summed E-state index contributed by atoms with van der Waals surface area (Å²) in [4.78, 5) is 0. The van der Waals surface area contributed by atoms with Gasteiger partial charge >= 0.3 is 0 Å². The Kier molecular flexibility index (Phi) is 5.31. The summed E-state index contributed by atoms with van der Waals surface area (Å²) in [6.07, 6.45) is 2.09. The van der Waals surface area contributed by atoms with E-state index in [0.29, 0.717) is 5.92 Å². The average molecular weight is 293 g/mol. The van der Waals surface area contributed by atoms with Gasteiger partial charge in [0.2, 0.25) is 0 Å². The Bertz CT molecular complexity index is 545. The van der Waals surface area contributed by atoms with Crippen molar-refractivity contribution >= 4 is 11.3 Å². The topological polar surface area (TPSA) is 51.0 Å². The standard InChI is InChI=1S/C15H23N3OS/c1-10(2)9-16-7-5-6-14-17-18-15(20-14)13-8-11(3)19-12(13)4/h8,10,16H,5-7,9H2,1-4H3. The molecule has 4 nitrogen and oxygen atoms in total. The first-order valence-electron chi connectivity index (χ1n) is 7.16. The fourth-order valence-electron chi connectivity index (χ4n) is 2.06. The second-order valence-corrected chi connectivity index (χ2v) is 6.59. The van der Waals surface area contributed by atoms with Gasteiger partial charge in [-0.2, -0.15) is 0 Å². The van der Waals surface area contributed by atoms with Crippen molar-refractivity contribution in [1.29, 1.82) is 0 Å². The van der Waals surface area contributed by atoms with Crippen molar-refractivity contribution < 1.29 is 4.42 Å². The van der Waals surface area contributed by atoms with E-state index in [1.807, 2.05) is 19.9 Å². The van der Waals surface area contributed by atoms with Gasteiger partial charge in [0.15, 0.2) is 5.01 Å². The maximum absolute atomic E-state index is 5.54. The van der Waals surface area contributed by atoms with Crippen molar-refractivity contribution in [2.75, 3.05) is 13.1 Å². The van der Waals surface area contributed by atoms with Crippen molar-refractivity contribution in [2.24, 2.45) is 5.92 Å². The monoisotopic (exact) mass is 293 g/mol. The van der Waals surface area contributed by atoms with Gasteiger partial charge in [0.25, 0.3) is 0 Å². The lowest BCUT2D eigenvalue weighted by molar-refractivity contribution is 0.505. The first-order valence-corrected chi connectivity index (χ1v) is 7.98. The summed E-state index contributed by atoms with van der Waals surface area (Å²) < 4.78 is 5.54. The van der Waals surface area contributed by atoms with E-state index in [2.05, 4.69) is 29.4 Å². The highest BCUT2D eigenvalue weighted by Gasteiger charge is 2.12. The van der Waals surface area contributed by atoms with Crippen LogP contribution in [-0.2, 0) is 6.42 Å². The Morgan fingerprint density at radius 3 is 2.75 bits per heavy atom. The number of hydrogen-bond donors (Lipinski definition) is 1. The normalized spacial score (nSPS) is 11.4. The number of rotatable bonds is 7. The van der Waals surface area contributed by atoms with Gasteiger partial charge in [0.05, 0.1) is 5.56 Å². The molecule has 0 aliphatic heterocycles. The first-order chi connectivity index (χ1) is 9.56. The molecule has 0 saturated heterocycles. The van der Waals surface area contributed by atoms with Crippen LogP contribution in [0.1, 0.15) is 36.8 Å². The zero-order chi connectivity index (χ0) is 14.5. The van der Waals surface area contributed by atoms with Crippen LogP contribution >= 0.6 is 11.3 Å². The highest BCUT2D eigenvalue weighted by Crippen LogP contribution is 2.29. The van der Waals surface area contributed by atoms with Crippen LogP contribution < -0.4 is 5.32 Å². The van der Waals surface area contributed by atoms with Gasteiger partial charge < -0.3 is 9.73 Å². The smallest absolute Gasteiger partial charge is 0.151 e. The SMILES string of the molecule is Cc1cc(-c2nnc(CCCNCC(C)C)s2)c(C)o1. The lowest BCUT2D eigenvalue weighted by Gasteiger charge is -2.05. The fraction of sp³-hybridized carbons (Fsp3) is 0.600. The largest absolute Gasteiger partial charge is 0.466 e. The molecule has 2 rings (SSSR count). The number of aromatic nitrogens is 2. The first kappa shape index (κ1) is 15.2. The zero-order valence-electron chi connectivity index (χ0n) is 12.7. The minimum Gasteiger partial charge on any atom is -0.466 e. The maximum atomic E-state index is 5.54. The van der Waals surface area contributed by atoms with Crippen LogP contribution in [0.25, 0.3) is 10.6 Å². The Morgan fingerprint density at radius 2 is 2.10 bits per heavy atom. The minimum absolute atomic E-state index is 0.704. The molecule has 2 aromatic rings. The van der Waals surface area contributed by atoms with E-state index in [4.69, 9.17) is 4.42 Å². The van der Waals surface area contributed by atoms with Crippen molar-refractivity contribution in [3.05, 3.63) is 22.6 Å². The van der Waals surface area contributed by atoms with Crippen molar-refractivity contribution in [3.63, 3.8) is 0 Å². The summed E-state index contributed by atoms with van der Waals surface area (Å²) in [6.45, 7) is 10.5. The molecule has 0 spiro atoms. The van der Waals surface area contributed by atoms with Gasteiger partial charge in [-0.05, 0) is 45.3 Å². The molecule has 110 valence electrons. The summed E-state index contributed by atoms with van der Waals surface area (Å²) in [5, 5.41) is 14.1. The number of aryl methyl sites for hydroxylation is 3. The third-order valence-corrected chi connectivity index (χ3v) is 4.05. The van der Waals surface area contributed by atoms with E-state index in [0.717, 1.165) is 53.0 Å². The summed E-state index contributed by atoms with van der Waals surface area (Å²) in [5.74, 6) is 2.55. The molecule has 0 radical (unpaired) electrons. The van der Waals surface area contributed by atoms with Crippen LogP contribution in [0, 0.1) is 19.8 Å². The number of furan rings is 1. The molecule has 0 fully saturated rings. The molecule has 0 bridgehead atoms. The van der Waals surface area contributed by atoms with Crippen LogP contribution in [0.15, 0.2) is 10.5 Å². The van der Waals surface area contributed by atoms with Gasteiger partial charge in [-0.25, -0.2) is 0 Å². The molecule has 20 heavy (non-hydrogen) atoms. The van der Waals surface area contributed by atoms with Gasteiger partial charge in [0, 0.05) is 6.42 Å². The molecule has 0 amide bonds. The number of hydrogen-bond acceptors (Lipinski definition) is 5. The summed E-state index contributed by atoms with van der Waals surface area (Å²) in [5.41, 5.74) is 1.07. The molecule has 0 aliphatic rings. The molecule has 0 unspecified atom stereocenters. The van der Waals surface area contributed by atoms with Gasteiger partial charge in [-0.1, -0.05) is 25.2 Å². The second-order valence-electron chi connectivity index (χ2n) is 5.53. The van der Waals surface area contributed by atoms with Crippen LogP contribution in [0.3, 0.4) is 0 Å². The van der Waals surface area contributed by atoms with Crippen LogP contribution in [-0.4, -0.2) is 23.3 Å². The Balaban J connectivity index is 1.85. The second kappa shape index (κ2) is 6.99. The molecule has 0 aliphatic carbocycles. The highest BCUT2D eigenvalue weighted by atomic mass is 32.1. The zero-order valence-corrected chi connectivity index (χ0v) is 13.5. The van der Waals surface area contributed by atoms with E-state index >= 15 is 0 Å². The summed E-state index contributed by atoms with van der Waals surface area (Å²) in [6, 6.07) is 2.03. The predicted octanol–water partition coefficient (Wildman–Crippen LogP) is 3.59. The molecule has 1 N–H and O–H groups in total. The molecular weight excluding hydrogens is 270 g/mol. The lowest BCUT2D eigenvalue weighted by Crippen LogP contribution is -2.21. The van der Waals surface area contributed by atoms with Crippen molar-refractivity contribution in [2.45, 2.75) is 40.5 Å². The lowest BCUT2D eigenvalue weighted by atomic mass is 10.2. The fourth-order valence-corrected chi connectivity index (χ4v) is 3.01. The molecule has 0 saturated carbocycles. The average Bonchev–Trinajstić information content (AvgIpc) is 2.95. The van der Waals surface area contributed by atoms with E-state index in [9.17, 15) is 0 Å². The summed E-state index contributed by atoms with van der Waals surface area (Å²) >= 11 is 1.67. The molecule has 5 heteroatoms. The number of nitrogens with zero attached hydrogens (tertiary/aromatic N) is 2. The third kappa shape index (κ3) is 4.15. The third-order valence-electron chi connectivity index (χ3n) is 3.04. The van der Waals surface area contributed by atoms with Crippen LogP contribution in [0.5, 0.6) is 0 Å². The molecule has 0 aromatic carbocycles. The van der Waals surface area contributed by atoms with Crippen molar-refractivity contribution in [3.8, 4) is 10.6 Å². The van der Waals surface area contributed by atoms with E-state index in [1.54, 1.807) is 11.3 Å². The Morgan fingerprint density at radius 1 is 1.30 bits per heavy atom. The highest BCUT2D eigenvalue weighted by molar-refractivity contribution is 7.14. The van der Waals surface area contributed by atoms with Gasteiger partial charge in [-0.15, -0.1) is 10.2 Å².